The number of methoxy groups -OCH3 is 2. The molecule has 0 unspecified atom stereocenters. The van der Waals surface area contributed by atoms with E-state index in [4.69, 9.17) is 14.2 Å². The first kappa shape index (κ1) is 19.9. The molecule has 3 rings (SSSR count). The van der Waals surface area contributed by atoms with Crippen LogP contribution in [0.25, 0.3) is 0 Å². The van der Waals surface area contributed by atoms with E-state index in [0.717, 1.165) is 5.56 Å². The molecule has 1 heterocycles. The standard InChI is InChI=1S/C23H22N2O4/c1-4-9-16-14-17(15-20(27-2)21(16)28-3)22(26)25-19-12-8-13-24-23(19)29-18-10-6-5-7-11-18/h4-8,10-15H,1,9H2,2-3H3,(H,25,26). The van der Waals surface area contributed by atoms with E-state index in [1.807, 2.05) is 30.3 Å². The third-order valence-corrected chi connectivity index (χ3v) is 4.16. The zero-order valence-corrected chi connectivity index (χ0v) is 16.3. The van der Waals surface area contributed by atoms with Crippen molar-refractivity contribution in [2.75, 3.05) is 19.5 Å². The molecule has 2 aromatic carbocycles. The fraction of sp³-hybridized carbons (Fsp3) is 0.130. The molecule has 0 atom stereocenters. The minimum absolute atomic E-state index is 0.304. The maximum absolute atomic E-state index is 12.9. The first-order valence-electron chi connectivity index (χ1n) is 9.01. The molecule has 0 aliphatic rings. The molecule has 1 amide bonds. The average molecular weight is 390 g/mol. The van der Waals surface area contributed by atoms with Gasteiger partial charge in [-0.1, -0.05) is 24.3 Å². The zero-order valence-electron chi connectivity index (χ0n) is 16.3. The van der Waals surface area contributed by atoms with Gasteiger partial charge in [-0.25, -0.2) is 4.98 Å². The van der Waals surface area contributed by atoms with Crippen LogP contribution in [0.2, 0.25) is 0 Å². The van der Waals surface area contributed by atoms with Gasteiger partial charge in [-0.05, 0) is 42.8 Å². The van der Waals surface area contributed by atoms with Gasteiger partial charge in [0.25, 0.3) is 5.91 Å². The number of ether oxygens (including phenoxy) is 3. The average Bonchev–Trinajstić information content (AvgIpc) is 2.75. The van der Waals surface area contributed by atoms with Crippen molar-refractivity contribution in [3.63, 3.8) is 0 Å². The maximum atomic E-state index is 12.9. The van der Waals surface area contributed by atoms with Crippen molar-refractivity contribution in [3.8, 4) is 23.1 Å². The Morgan fingerprint density at radius 2 is 1.90 bits per heavy atom. The Balaban J connectivity index is 1.89. The quantitative estimate of drug-likeness (QED) is 0.556. The second-order valence-corrected chi connectivity index (χ2v) is 6.09. The first-order chi connectivity index (χ1) is 14.2. The van der Waals surface area contributed by atoms with E-state index in [1.165, 1.54) is 7.11 Å². The number of hydrogen-bond acceptors (Lipinski definition) is 5. The summed E-state index contributed by atoms with van der Waals surface area (Å²) in [5, 5.41) is 2.86. The van der Waals surface area contributed by atoms with Crippen LogP contribution in [-0.2, 0) is 6.42 Å². The SMILES string of the molecule is C=CCc1cc(C(=O)Nc2cccnc2Oc2ccccc2)cc(OC)c1OC. The number of nitrogens with zero attached hydrogens (tertiary/aromatic N) is 1. The molecule has 6 nitrogen and oxygen atoms in total. The van der Waals surface area contributed by atoms with Crippen molar-refractivity contribution in [1.82, 2.24) is 4.98 Å². The monoisotopic (exact) mass is 390 g/mol. The van der Waals surface area contributed by atoms with Crippen LogP contribution in [0.5, 0.6) is 23.1 Å². The number of nitrogens with one attached hydrogen (secondary N) is 1. The Kier molecular flexibility index (Phi) is 6.47. The number of aromatic nitrogens is 1. The molecule has 148 valence electrons. The summed E-state index contributed by atoms with van der Waals surface area (Å²) in [7, 11) is 3.09. The van der Waals surface area contributed by atoms with Crippen molar-refractivity contribution in [2.24, 2.45) is 0 Å². The van der Waals surface area contributed by atoms with Gasteiger partial charge in [0, 0.05) is 17.3 Å². The molecule has 0 radical (unpaired) electrons. The highest BCUT2D eigenvalue weighted by atomic mass is 16.5. The van der Waals surface area contributed by atoms with Gasteiger partial charge < -0.3 is 19.5 Å². The van der Waals surface area contributed by atoms with E-state index in [0.29, 0.717) is 40.8 Å². The van der Waals surface area contributed by atoms with Crippen molar-refractivity contribution < 1.29 is 19.0 Å². The lowest BCUT2D eigenvalue weighted by Gasteiger charge is -2.15. The summed E-state index contributed by atoms with van der Waals surface area (Å²) in [6.45, 7) is 3.76. The minimum Gasteiger partial charge on any atom is -0.493 e. The molecule has 0 saturated heterocycles. The van der Waals surface area contributed by atoms with Crippen molar-refractivity contribution in [2.45, 2.75) is 6.42 Å². The number of carbonyl (C=O) groups is 1. The van der Waals surface area contributed by atoms with Gasteiger partial charge in [-0.15, -0.1) is 6.58 Å². The molecule has 0 aliphatic carbocycles. The highest BCUT2D eigenvalue weighted by Gasteiger charge is 2.17. The Labute approximate surface area is 169 Å². The normalized spacial score (nSPS) is 10.1. The van der Waals surface area contributed by atoms with Crippen LogP contribution < -0.4 is 19.5 Å². The minimum atomic E-state index is -0.317. The highest BCUT2D eigenvalue weighted by molar-refractivity contribution is 6.05. The van der Waals surface area contributed by atoms with E-state index in [2.05, 4.69) is 16.9 Å². The summed E-state index contributed by atoms with van der Waals surface area (Å²) in [6.07, 6.45) is 3.88. The molecule has 0 fully saturated rings. The summed E-state index contributed by atoms with van der Waals surface area (Å²) in [6, 6.07) is 16.1. The topological polar surface area (TPSA) is 69.7 Å². The van der Waals surface area contributed by atoms with Gasteiger partial charge in [0.2, 0.25) is 5.88 Å². The van der Waals surface area contributed by atoms with Crippen LogP contribution in [0.1, 0.15) is 15.9 Å². The second-order valence-electron chi connectivity index (χ2n) is 6.09. The van der Waals surface area contributed by atoms with Crippen LogP contribution in [-0.4, -0.2) is 25.1 Å². The predicted octanol–water partition coefficient (Wildman–Crippen LogP) is 4.87. The predicted molar refractivity (Wildman–Crippen MR) is 112 cm³/mol. The van der Waals surface area contributed by atoms with Crippen LogP contribution >= 0.6 is 0 Å². The molecule has 1 aromatic heterocycles. The largest absolute Gasteiger partial charge is 0.493 e. The Morgan fingerprint density at radius 3 is 2.59 bits per heavy atom. The van der Waals surface area contributed by atoms with Crippen molar-refractivity contribution in [1.29, 1.82) is 0 Å². The van der Waals surface area contributed by atoms with E-state index in [1.54, 1.807) is 43.6 Å². The van der Waals surface area contributed by atoms with E-state index in [-0.39, 0.29) is 5.91 Å². The molecule has 0 aliphatic heterocycles. The number of allylic oxidation sites excluding steroid dienone is 1. The van der Waals surface area contributed by atoms with E-state index < -0.39 is 0 Å². The van der Waals surface area contributed by atoms with Crippen LogP contribution in [0, 0.1) is 0 Å². The number of rotatable bonds is 8. The third-order valence-electron chi connectivity index (χ3n) is 4.16. The summed E-state index contributed by atoms with van der Waals surface area (Å²) >= 11 is 0. The summed E-state index contributed by atoms with van der Waals surface area (Å²) < 4.78 is 16.6. The van der Waals surface area contributed by atoms with Crippen LogP contribution in [0.4, 0.5) is 5.69 Å². The van der Waals surface area contributed by atoms with Gasteiger partial charge in [-0.3, -0.25) is 4.79 Å². The number of carbonyl (C=O) groups excluding carboxylic acids is 1. The van der Waals surface area contributed by atoms with Gasteiger partial charge in [-0.2, -0.15) is 0 Å². The lowest BCUT2D eigenvalue weighted by Crippen LogP contribution is -2.14. The fourth-order valence-corrected chi connectivity index (χ4v) is 2.84. The maximum Gasteiger partial charge on any atom is 0.255 e. The third kappa shape index (κ3) is 4.73. The number of pyridine rings is 1. The lowest BCUT2D eigenvalue weighted by molar-refractivity contribution is 0.102. The van der Waals surface area contributed by atoms with Gasteiger partial charge in [0.1, 0.15) is 11.4 Å². The smallest absolute Gasteiger partial charge is 0.255 e. The second kappa shape index (κ2) is 9.41. The number of anilines is 1. The van der Waals surface area contributed by atoms with Gasteiger partial charge in [0.05, 0.1) is 14.2 Å². The van der Waals surface area contributed by atoms with Crippen molar-refractivity contribution >= 4 is 11.6 Å². The number of para-hydroxylation sites is 1. The molecule has 29 heavy (non-hydrogen) atoms. The molecule has 0 spiro atoms. The van der Waals surface area contributed by atoms with Crippen LogP contribution in [0.3, 0.4) is 0 Å². The molecule has 0 saturated carbocycles. The number of hydrogen-bond donors (Lipinski definition) is 1. The molecule has 1 N–H and O–H groups in total. The zero-order chi connectivity index (χ0) is 20.6. The molecular weight excluding hydrogens is 368 g/mol. The summed E-state index contributed by atoms with van der Waals surface area (Å²) in [5.74, 6) is 1.67. The lowest BCUT2D eigenvalue weighted by atomic mass is 10.0. The van der Waals surface area contributed by atoms with Crippen molar-refractivity contribution in [3.05, 3.63) is 84.6 Å². The van der Waals surface area contributed by atoms with E-state index >= 15 is 0 Å². The molecular formula is C23H22N2O4. The highest BCUT2D eigenvalue weighted by Crippen LogP contribution is 2.34. The Hall–Kier alpha value is -3.80. The van der Waals surface area contributed by atoms with Gasteiger partial charge in [0.15, 0.2) is 11.5 Å². The Bertz CT molecular complexity index is 1000. The summed E-state index contributed by atoms with van der Waals surface area (Å²) in [4.78, 5) is 17.2. The molecule has 6 heteroatoms. The van der Waals surface area contributed by atoms with E-state index in [9.17, 15) is 4.79 Å². The molecule has 0 bridgehead atoms. The van der Waals surface area contributed by atoms with Crippen LogP contribution in [0.15, 0.2) is 73.4 Å². The Morgan fingerprint density at radius 1 is 1.10 bits per heavy atom. The first-order valence-corrected chi connectivity index (χ1v) is 9.01. The summed E-state index contributed by atoms with van der Waals surface area (Å²) in [5.41, 5.74) is 1.69. The fourth-order valence-electron chi connectivity index (χ4n) is 2.84. The molecule has 3 aromatic rings. The number of benzene rings is 2. The van der Waals surface area contributed by atoms with Gasteiger partial charge >= 0.3 is 0 Å². The number of amides is 1.